The molecule has 170 valence electrons. The van der Waals surface area contributed by atoms with Gasteiger partial charge in [0, 0.05) is 6.20 Å². The topological polar surface area (TPSA) is 114 Å². The van der Waals surface area contributed by atoms with Crippen molar-refractivity contribution in [3.05, 3.63) is 54.0 Å². The number of nitrogens with one attached hydrogen (secondary N) is 3. The van der Waals surface area contributed by atoms with Crippen LogP contribution in [0.4, 0.5) is 5.82 Å². The maximum absolute atomic E-state index is 11.8. The summed E-state index contributed by atoms with van der Waals surface area (Å²) in [7, 11) is 1.36. The summed E-state index contributed by atoms with van der Waals surface area (Å²) in [5, 5.41) is 4.44. The van der Waals surface area contributed by atoms with Crippen molar-refractivity contribution in [1.29, 1.82) is 0 Å². The molecule has 0 saturated heterocycles. The van der Waals surface area contributed by atoms with Crippen molar-refractivity contribution in [2.24, 2.45) is 5.92 Å². The van der Waals surface area contributed by atoms with Gasteiger partial charge in [-0.3, -0.25) is 0 Å². The number of ether oxygens (including phenoxy) is 3. The van der Waals surface area contributed by atoms with E-state index < -0.39 is 5.97 Å². The van der Waals surface area contributed by atoms with Crippen LogP contribution in [-0.4, -0.2) is 46.2 Å². The molecule has 0 radical (unpaired) electrons. The maximum Gasteiger partial charge on any atom is 0.339 e. The van der Waals surface area contributed by atoms with Crippen molar-refractivity contribution in [3.63, 3.8) is 0 Å². The minimum atomic E-state index is -0.394. The number of nitrogens with zero attached hydrogens (tertiary/aromatic N) is 2. The number of esters is 1. The lowest BCUT2D eigenvalue weighted by Crippen LogP contribution is -2.19. The maximum atomic E-state index is 11.8. The molecule has 9 nitrogen and oxygen atoms in total. The summed E-state index contributed by atoms with van der Waals surface area (Å²) in [4.78, 5) is 27.1. The first-order valence-corrected chi connectivity index (χ1v) is 10.8. The molecule has 4 heterocycles. The van der Waals surface area contributed by atoms with Gasteiger partial charge in [0.2, 0.25) is 0 Å². The molecule has 1 aliphatic heterocycles. The van der Waals surface area contributed by atoms with E-state index in [1.165, 1.54) is 13.4 Å². The quantitative estimate of drug-likeness (QED) is 0.377. The van der Waals surface area contributed by atoms with E-state index >= 15 is 0 Å². The number of fused-ring (bicyclic) bond motifs is 2. The molecule has 0 aliphatic carbocycles. The number of rotatable bonds is 6. The first-order valence-electron chi connectivity index (χ1n) is 10.8. The summed E-state index contributed by atoms with van der Waals surface area (Å²) < 4.78 is 16.2. The number of aromatic amines is 2. The van der Waals surface area contributed by atoms with E-state index in [4.69, 9.17) is 14.2 Å². The average Bonchev–Trinajstić information content (AvgIpc) is 3.49. The van der Waals surface area contributed by atoms with Crippen LogP contribution in [0.2, 0.25) is 0 Å². The van der Waals surface area contributed by atoms with Crippen LogP contribution < -0.4 is 14.8 Å². The van der Waals surface area contributed by atoms with Crippen molar-refractivity contribution < 1.29 is 19.0 Å². The van der Waals surface area contributed by atoms with E-state index in [9.17, 15) is 4.79 Å². The molecule has 0 bridgehead atoms. The van der Waals surface area contributed by atoms with E-state index in [1.54, 1.807) is 12.3 Å². The fraction of sp³-hybridized carbons (Fsp3) is 0.292. The van der Waals surface area contributed by atoms with Crippen LogP contribution >= 0.6 is 0 Å². The second-order valence-corrected chi connectivity index (χ2v) is 8.23. The predicted molar refractivity (Wildman–Crippen MR) is 124 cm³/mol. The Morgan fingerprint density at radius 1 is 1.09 bits per heavy atom. The summed E-state index contributed by atoms with van der Waals surface area (Å²) >= 11 is 0. The van der Waals surface area contributed by atoms with E-state index in [1.807, 2.05) is 18.2 Å². The molecule has 3 N–H and O–H groups in total. The lowest BCUT2D eigenvalue weighted by Gasteiger charge is -2.26. The second kappa shape index (κ2) is 8.50. The number of methoxy groups -OCH3 is 1. The van der Waals surface area contributed by atoms with Crippen LogP contribution in [0.25, 0.3) is 22.4 Å². The van der Waals surface area contributed by atoms with Gasteiger partial charge in [0.15, 0.2) is 11.5 Å². The molecule has 33 heavy (non-hydrogen) atoms. The number of hydrogen-bond donors (Lipinski definition) is 3. The van der Waals surface area contributed by atoms with Gasteiger partial charge in [-0.25, -0.2) is 14.8 Å². The molecule has 3 aromatic heterocycles. The van der Waals surface area contributed by atoms with Gasteiger partial charge in [-0.2, -0.15) is 0 Å². The van der Waals surface area contributed by atoms with Crippen molar-refractivity contribution >= 4 is 22.8 Å². The van der Waals surface area contributed by atoms with Crippen LogP contribution in [0.3, 0.4) is 0 Å². The molecule has 0 unspecified atom stereocenters. The average molecular weight is 447 g/mol. The molecule has 0 saturated carbocycles. The number of H-pyrrole nitrogens is 2. The monoisotopic (exact) mass is 447 g/mol. The van der Waals surface area contributed by atoms with Crippen molar-refractivity contribution in [2.45, 2.75) is 19.9 Å². The Balaban J connectivity index is 1.47. The first-order chi connectivity index (χ1) is 16.0. The number of carbonyl (C=O) groups is 1. The lowest BCUT2D eigenvalue weighted by atomic mass is 9.95. The van der Waals surface area contributed by atoms with Gasteiger partial charge < -0.3 is 29.5 Å². The smallest absolute Gasteiger partial charge is 0.339 e. The second-order valence-electron chi connectivity index (χ2n) is 8.23. The Bertz CT molecular complexity index is 1310. The van der Waals surface area contributed by atoms with Crippen LogP contribution in [-0.2, 0) is 4.74 Å². The number of anilines is 1. The van der Waals surface area contributed by atoms with Crippen molar-refractivity contribution in [2.75, 3.05) is 25.6 Å². The third-order valence-electron chi connectivity index (χ3n) is 5.70. The SMILES string of the molecule is COC(=O)c1c[nH]c(-c2cc3c(N[C@@H](c4ccc5c(c4)OCCO5)C(C)C)ncnc3[nH]2)c1. The van der Waals surface area contributed by atoms with Gasteiger partial charge >= 0.3 is 5.97 Å². The Hall–Kier alpha value is -4.01. The van der Waals surface area contributed by atoms with Crippen LogP contribution in [0.15, 0.2) is 42.9 Å². The zero-order valence-electron chi connectivity index (χ0n) is 18.6. The molecule has 9 heteroatoms. The third kappa shape index (κ3) is 3.97. The Kier molecular flexibility index (Phi) is 5.37. The molecule has 4 aromatic rings. The Labute approximate surface area is 190 Å². The highest BCUT2D eigenvalue weighted by molar-refractivity contribution is 5.93. The van der Waals surface area contributed by atoms with Crippen LogP contribution in [0.5, 0.6) is 11.5 Å². The summed E-state index contributed by atoms with van der Waals surface area (Å²) in [6, 6.07) is 9.73. The normalized spacial score (nSPS) is 13.8. The van der Waals surface area contributed by atoms with Crippen molar-refractivity contribution in [3.8, 4) is 22.9 Å². The summed E-state index contributed by atoms with van der Waals surface area (Å²) in [5.74, 6) is 2.13. The minimum absolute atomic E-state index is 0.00584. The Morgan fingerprint density at radius 2 is 1.91 bits per heavy atom. The van der Waals surface area contributed by atoms with Gasteiger partial charge in [0.25, 0.3) is 0 Å². The number of hydrogen-bond acceptors (Lipinski definition) is 7. The summed E-state index contributed by atoms with van der Waals surface area (Å²) in [6.45, 7) is 5.42. The van der Waals surface area contributed by atoms with Gasteiger partial charge in [-0.15, -0.1) is 0 Å². The number of aromatic nitrogens is 4. The fourth-order valence-electron chi connectivity index (χ4n) is 4.02. The predicted octanol–water partition coefficient (Wildman–Crippen LogP) is 4.32. The van der Waals surface area contributed by atoms with E-state index in [0.29, 0.717) is 24.4 Å². The largest absolute Gasteiger partial charge is 0.486 e. The van der Waals surface area contributed by atoms with E-state index in [0.717, 1.165) is 39.7 Å². The molecule has 1 aromatic carbocycles. The standard InChI is InChI=1S/C24H25N5O4/c1-13(2)21(14-4-5-19-20(9-14)33-7-6-32-19)29-23-16-10-18(28-22(16)26-12-27-23)17-8-15(11-25-17)24(30)31-3/h4-5,8-13,21,25H,6-7H2,1-3H3,(H2,26,27,28,29)/t21-/m1/s1. The lowest BCUT2D eigenvalue weighted by molar-refractivity contribution is 0.0601. The molecule has 0 spiro atoms. The van der Waals surface area contributed by atoms with Gasteiger partial charge in [0.05, 0.1) is 35.5 Å². The molecule has 0 amide bonds. The zero-order valence-corrected chi connectivity index (χ0v) is 18.6. The van der Waals surface area contributed by atoms with Gasteiger partial charge in [-0.1, -0.05) is 19.9 Å². The summed E-state index contributed by atoms with van der Waals surface area (Å²) in [6.07, 6.45) is 3.15. The van der Waals surface area contributed by atoms with E-state index in [2.05, 4.69) is 45.2 Å². The zero-order chi connectivity index (χ0) is 22.9. The number of benzene rings is 1. The number of carbonyl (C=O) groups excluding carboxylic acids is 1. The van der Waals surface area contributed by atoms with Crippen LogP contribution in [0.1, 0.15) is 35.8 Å². The minimum Gasteiger partial charge on any atom is -0.486 e. The molecule has 5 rings (SSSR count). The molecule has 1 aliphatic rings. The highest BCUT2D eigenvalue weighted by Gasteiger charge is 2.22. The molecule has 0 fully saturated rings. The Morgan fingerprint density at radius 3 is 2.70 bits per heavy atom. The fourth-order valence-corrected chi connectivity index (χ4v) is 4.02. The highest BCUT2D eigenvalue weighted by atomic mass is 16.6. The van der Waals surface area contributed by atoms with Gasteiger partial charge in [0.1, 0.15) is 31.0 Å². The van der Waals surface area contributed by atoms with E-state index in [-0.39, 0.29) is 12.0 Å². The molecular weight excluding hydrogens is 422 g/mol. The summed E-state index contributed by atoms with van der Waals surface area (Å²) in [5.41, 5.74) is 3.79. The van der Waals surface area contributed by atoms with Crippen molar-refractivity contribution in [1.82, 2.24) is 19.9 Å². The van der Waals surface area contributed by atoms with Crippen LogP contribution in [0, 0.1) is 5.92 Å². The third-order valence-corrected chi connectivity index (χ3v) is 5.70. The molecular formula is C24H25N5O4. The van der Waals surface area contributed by atoms with Gasteiger partial charge in [-0.05, 0) is 35.7 Å². The first kappa shape index (κ1) is 20.9. The molecule has 1 atom stereocenters. The highest BCUT2D eigenvalue weighted by Crippen LogP contribution is 2.36.